The molecule has 29 heavy (non-hydrogen) atoms. The third-order valence-electron chi connectivity index (χ3n) is 5.42. The summed E-state index contributed by atoms with van der Waals surface area (Å²) in [7, 11) is 0. The molecule has 2 saturated heterocycles. The molecule has 1 saturated carbocycles. The van der Waals surface area contributed by atoms with Crippen molar-refractivity contribution in [3.05, 3.63) is 35.5 Å². The summed E-state index contributed by atoms with van der Waals surface area (Å²) < 4.78 is 12.9. The lowest BCUT2D eigenvalue weighted by atomic mass is 9.85. The third kappa shape index (κ3) is 3.80. The largest absolute Gasteiger partial charge is 0.393 e. The highest BCUT2D eigenvalue weighted by atomic mass is 16.6. The lowest BCUT2D eigenvalue weighted by Crippen LogP contribution is -2.21. The number of rotatable bonds is 0. The number of carbonyl (C=O) groups is 6. The van der Waals surface area contributed by atoms with Gasteiger partial charge in [-0.2, -0.15) is 0 Å². The van der Waals surface area contributed by atoms with Crippen molar-refractivity contribution in [2.24, 2.45) is 23.7 Å². The Balaban J connectivity index is 0.000000128. The van der Waals surface area contributed by atoms with Gasteiger partial charge in [-0.1, -0.05) is 18.7 Å². The Hall–Kier alpha value is -3.36. The Bertz CT molecular complexity index is 852. The predicted octanol–water partition coefficient (Wildman–Crippen LogP) is 0.930. The van der Waals surface area contributed by atoms with Gasteiger partial charge in [0.15, 0.2) is 0 Å². The molecule has 5 rings (SSSR count). The fourth-order valence-electron chi connectivity index (χ4n) is 3.70. The van der Waals surface area contributed by atoms with Crippen LogP contribution in [0.25, 0.3) is 0 Å². The monoisotopic (exact) mass is 402 g/mol. The average molecular weight is 402 g/mol. The zero-order valence-corrected chi connectivity index (χ0v) is 15.8. The molecule has 152 valence electrons. The van der Waals surface area contributed by atoms with Crippen LogP contribution in [-0.4, -0.2) is 35.8 Å². The Morgan fingerprint density at radius 3 is 1.52 bits per heavy atom. The summed E-state index contributed by atoms with van der Waals surface area (Å²) in [5, 5.41) is 0. The number of hydrogen-bond acceptors (Lipinski definition) is 9. The van der Waals surface area contributed by atoms with Gasteiger partial charge >= 0.3 is 35.8 Å². The standard InChI is InChI=1S/C9H8O3.C6H6O3.C5H4O3/c10-8-6-4-1-2-5(3-4)7(6)9(11)12-8;1-3-4(2)6(8)9-5(3)7;1-3-2-4(6)8-5(3)7/h1-2,4-7H,3H2;1-2H3;1-2H2. The Kier molecular flexibility index (Phi) is 5.32. The van der Waals surface area contributed by atoms with Crippen molar-refractivity contribution in [1.82, 2.24) is 0 Å². The Labute approximate surface area is 165 Å². The van der Waals surface area contributed by atoms with E-state index in [0.717, 1.165) is 6.42 Å². The fourth-order valence-corrected chi connectivity index (χ4v) is 3.70. The fraction of sp³-hybridized carbons (Fsp3) is 0.400. The van der Waals surface area contributed by atoms with E-state index in [2.05, 4.69) is 20.8 Å². The van der Waals surface area contributed by atoms with Gasteiger partial charge < -0.3 is 14.2 Å². The van der Waals surface area contributed by atoms with Gasteiger partial charge in [0.05, 0.1) is 18.3 Å². The maximum Gasteiger partial charge on any atom is 0.342 e. The van der Waals surface area contributed by atoms with E-state index in [1.54, 1.807) is 13.8 Å². The first-order valence-corrected chi connectivity index (χ1v) is 8.90. The van der Waals surface area contributed by atoms with Crippen LogP contribution in [0.3, 0.4) is 0 Å². The summed E-state index contributed by atoms with van der Waals surface area (Å²) >= 11 is 0. The van der Waals surface area contributed by atoms with Crippen LogP contribution < -0.4 is 0 Å². The normalized spacial score (nSPS) is 31.2. The Morgan fingerprint density at radius 1 is 0.759 bits per heavy atom. The number of carbonyl (C=O) groups excluding carboxylic acids is 6. The Morgan fingerprint density at radius 2 is 1.24 bits per heavy atom. The smallest absolute Gasteiger partial charge is 0.342 e. The SMILES string of the molecule is C=C1CC(=O)OC1=O.CC1=C(C)C(=O)OC1=O.O=C1OC(=O)C2C3C=CC(C3)C12. The molecule has 4 unspecified atom stereocenters. The second kappa shape index (κ2) is 7.57. The number of cyclic esters (lactones) is 6. The van der Waals surface area contributed by atoms with E-state index < -0.39 is 23.9 Å². The van der Waals surface area contributed by atoms with E-state index in [0.29, 0.717) is 11.1 Å². The molecule has 0 N–H and O–H groups in total. The number of allylic oxidation sites excluding steroid dienone is 2. The molecule has 5 aliphatic rings. The molecule has 3 aliphatic heterocycles. The molecule has 4 atom stereocenters. The summed E-state index contributed by atoms with van der Waals surface area (Å²) in [5.74, 6) is -2.47. The van der Waals surface area contributed by atoms with Crippen LogP contribution in [0.5, 0.6) is 0 Å². The zero-order valence-electron chi connectivity index (χ0n) is 15.8. The van der Waals surface area contributed by atoms with E-state index in [1.165, 1.54) is 0 Å². The zero-order chi connectivity index (χ0) is 21.5. The molecule has 9 nitrogen and oxygen atoms in total. The van der Waals surface area contributed by atoms with E-state index in [1.807, 2.05) is 12.2 Å². The average Bonchev–Trinajstić information content (AvgIpc) is 3.43. The molecule has 2 aliphatic carbocycles. The third-order valence-corrected chi connectivity index (χ3v) is 5.42. The lowest BCUT2D eigenvalue weighted by molar-refractivity contribution is -0.155. The summed E-state index contributed by atoms with van der Waals surface area (Å²) in [6, 6.07) is 0. The molecule has 0 aromatic heterocycles. The van der Waals surface area contributed by atoms with Crippen molar-refractivity contribution in [2.75, 3.05) is 0 Å². The van der Waals surface area contributed by atoms with Gasteiger partial charge in [0, 0.05) is 16.7 Å². The van der Waals surface area contributed by atoms with Gasteiger partial charge in [-0.15, -0.1) is 0 Å². The minimum Gasteiger partial charge on any atom is -0.393 e. The number of fused-ring (bicyclic) bond motifs is 5. The summed E-state index contributed by atoms with van der Waals surface area (Å²) in [5.41, 5.74) is 1.08. The van der Waals surface area contributed by atoms with E-state index in [-0.39, 0.29) is 47.6 Å². The van der Waals surface area contributed by atoms with E-state index in [4.69, 9.17) is 0 Å². The van der Waals surface area contributed by atoms with Crippen LogP contribution >= 0.6 is 0 Å². The molecule has 0 radical (unpaired) electrons. The van der Waals surface area contributed by atoms with Gasteiger partial charge in [0.2, 0.25) is 0 Å². The maximum absolute atomic E-state index is 11.2. The van der Waals surface area contributed by atoms with Gasteiger partial charge in [0.25, 0.3) is 0 Å². The minimum atomic E-state index is -0.588. The second-order valence-electron chi connectivity index (χ2n) is 7.21. The topological polar surface area (TPSA) is 130 Å². The molecule has 0 aromatic rings. The summed E-state index contributed by atoms with van der Waals surface area (Å²) in [6.07, 6.45) is 5.12. The first-order valence-electron chi connectivity index (χ1n) is 8.90. The number of hydrogen-bond donors (Lipinski definition) is 0. The second-order valence-corrected chi connectivity index (χ2v) is 7.21. The predicted molar refractivity (Wildman–Crippen MR) is 93.1 cm³/mol. The first-order chi connectivity index (χ1) is 13.6. The minimum absolute atomic E-state index is 0.0544. The van der Waals surface area contributed by atoms with Crippen molar-refractivity contribution in [3.8, 4) is 0 Å². The molecule has 0 amide bonds. The number of ether oxygens (including phenoxy) is 3. The van der Waals surface area contributed by atoms with Crippen molar-refractivity contribution in [1.29, 1.82) is 0 Å². The molecule has 9 heteroatoms. The van der Waals surface area contributed by atoms with Gasteiger partial charge in [0.1, 0.15) is 0 Å². The van der Waals surface area contributed by atoms with Crippen molar-refractivity contribution >= 4 is 35.8 Å². The molecule has 2 bridgehead atoms. The highest BCUT2D eigenvalue weighted by Gasteiger charge is 2.57. The highest BCUT2D eigenvalue weighted by Crippen LogP contribution is 2.51. The van der Waals surface area contributed by atoms with Crippen LogP contribution in [0.1, 0.15) is 26.7 Å². The molecule has 0 spiro atoms. The van der Waals surface area contributed by atoms with Gasteiger partial charge in [-0.3, -0.25) is 14.4 Å². The van der Waals surface area contributed by atoms with Crippen LogP contribution in [0.2, 0.25) is 0 Å². The molecule has 3 heterocycles. The molecule has 0 aromatic carbocycles. The molecular weight excluding hydrogens is 384 g/mol. The molecular formula is C20H18O9. The molecule has 3 fully saturated rings. The van der Waals surface area contributed by atoms with Crippen molar-refractivity contribution < 1.29 is 43.0 Å². The number of esters is 6. The summed E-state index contributed by atoms with van der Waals surface area (Å²) in [6.45, 7) is 6.43. The van der Waals surface area contributed by atoms with E-state index in [9.17, 15) is 28.8 Å². The quantitative estimate of drug-likeness (QED) is 0.191. The van der Waals surface area contributed by atoms with Crippen LogP contribution in [0.4, 0.5) is 0 Å². The van der Waals surface area contributed by atoms with Gasteiger partial charge in [-0.05, 0) is 32.1 Å². The van der Waals surface area contributed by atoms with Crippen molar-refractivity contribution in [2.45, 2.75) is 26.7 Å². The summed E-state index contributed by atoms with van der Waals surface area (Å²) in [4.78, 5) is 63.7. The van der Waals surface area contributed by atoms with Crippen LogP contribution in [0.15, 0.2) is 35.5 Å². The van der Waals surface area contributed by atoms with Crippen LogP contribution in [-0.2, 0) is 43.0 Å². The maximum atomic E-state index is 11.2. The van der Waals surface area contributed by atoms with Crippen molar-refractivity contribution in [3.63, 3.8) is 0 Å². The lowest BCUT2D eigenvalue weighted by Gasteiger charge is -2.12. The highest BCUT2D eigenvalue weighted by molar-refractivity contribution is 6.11. The van der Waals surface area contributed by atoms with Crippen LogP contribution in [0, 0.1) is 23.7 Å². The first kappa shape index (κ1) is 20.4. The van der Waals surface area contributed by atoms with E-state index >= 15 is 0 Å². The van der Waals surface area contributed by atoms with Gasteiger partial charge in [-0.25, -0.2) is 14.4 Å².